The number of hydrogen-bond acceptors (Lipinski definition) is 7. The minimum atomic E-state index is -4.26. The molecule has 0 aliphatic heterocycles. The van der Waals surface area contributed by atoms with Gasteiger partial charge in [-0.1, -0.05) is 12.1 Å². The van der Waals surface area contributed by atoms with Crippen LogP contribution >= 0.6 is 0 Å². The first-order valence-corrected chi connectivity index (χ1v) is 10.2. The summed E-state index contributed by atoms with van der Waals surface area (Å²) in [6.07, 6.45) is 0.938. The van der Waals surface area contributed by atoms with Gasteiger partial charge < -0.3 is 9.84 Å². The van der Waals surface area contributed by atoms with Crippen molar-refractivity contribution in [2.24, 2.45) is 0 Å². The molecular weight excluding hydrogens is 487 g/mol. The molecule has 4 rings (SSSR count). The van der Waals surface area contributed by atoms with Gasteiger partial charge in [-0.3, -0.25) is 0 Å². The maximum Gasteiger partial charge on any atom is 0.323 e. The Morgan fingerprint density at radius 2 is 1.83 bits per heavy atom. The Morgan fingerprint density at radius 1 is 1.03 bits per heavy atom. The minimum Gasteiger partial charge on any atom is -0.473 e. The Bertz CT molecular complexity index is 1430. The Labute approximate surface area is 200 Å². The number of aliphatic hydroxyl groups is 1. The molecule has 36 heavy (non-hydrogen) atoms. The van der Waals surface area contributed by atoms with Gasteiger partial charge in [-0.15, -0.1) is 5.10 Å². The average Bonchev–Trinajstić information content (AvgIpc) is 3.36. The lowest BCUT2D eigenvalue weighted by Gasteiger charge is -2.35. The predicted octanol–water partition coefficient (Wildman–Crippen LogP) is 3.62. The van der Waals surface area contributed by atoms with Gasteiger partial charge in [-0.25, -0.2) is 22.8 Å². The van der Waals surface area contributed by atoms with Crippen molar-refractivity contribution >= 4 is 0 Å². The monoisotopic (exact) mass is 502 g/mol. The fourth-order valence-corrected chi connectivity index (χ4v) is 3.45. The quantitative estimate of drug-likeness (QED) is 0.367. The van der Waals surface area contributed by atoms with E-state index in [0.717, 1.165) is 29.2 Å². The Kier molecular flexibility index (Phi) is 6.63. The average molecular weight is 502 g/mol. The third-order valence-corrected chi connectivity index (χ3v) is 5.26. The van der Waals surface area contributed by atoms with Gasteiger partial charge in [0.1, 0.15) is 42.1 Å². The molecule has 0 spiro atoms. The van der Waals surface area contributed by atoms with Gasteiger partial charge in [0.15, 0.2) is 5.60 Å². The molecule has 2 aromatic heterocycles. The summed E-state index contributed by atoms with van der Waals surface area (Å²) in [5.41, 5.74) is -5.05. The molecule has 0 radical (unpaired) electrons. The first kappa shape index (κ1) is 24.7. The third-order valence-electron chi connectivity index (χ3n) is 5.26. The molecule has 4 aromatic rings. The molecule has 0 bridgehead atoms. The maximum absolute atomic E-state index is 15.9. The van der Waals surface area contributed by atoms with Gasteiger partial charge >= 0.3 is 5.92 Å². The number of halogens is 5. The highest BCUT2D eigenvalue weighted by Gasteiger charge is 2.58. The van der Waals surface area contributed by atoms with Crippen molar-refractivity contribution in [2.75, 3.05) is 0 Å². The van der Waals surface area contributed by atoms with Gasteiger partial charge in [0.2, 0.25) is 5.88 Å². The zero-order chi connectivity index (χ0) is 25.9. The highest BCUT2D eigenvalue weighted by molar-refractivity contribution is 5.35. The smallest absolute Gasteiger partial charge is 0.323 e. The van der Waals surface area contributed by atoms with Crippen molar-refractivity contribution in [3.8, 4) is 11.9 Å². The summed E-state index contributed by atoms with van der Waals surface area (Å²) in [7, 11) is 0. The van der Waals surface area contributed by atoms with E-state index < -0.39 is 46.8 Å². The Morgan fingerprint density at radius 3 is 2.53 bits per heavy atom. The molecule has 8 nitrogen and oxygen atoms in total. The third kappa shape index (κ3) is 4.71. The molecule has 0 fully saturated rings. The van der Waals surface area contributed by atoms with E-state index in [1.54, 1.807) is 6.07 Å². The van der Waals surface area contributed by atoms with E-state index in [9.17, 15) is 18.3 Å². The summed E-state index contributed by atoms with van der Waals surface area (Å²) < 4.78 is 79.5. The van der Waals surface area contributed by atoms with Crippen LogP contribution in [0.1, 0.15) is 22.4 Å². The molecule has 1 atom stereocenters. The van der Waals surface area contributed by atoms with Crippen LogP contribution in [0.3, 0.4) is 0 Å². The van der Waals surface area contributed by atoms with Gasteiger partial charge in [-0.05, 0) is 46.3 Å². The number of pyridine rings is 1. The highest BCUT2D eigenvalue weighted by atomic mass is 19.3. The lowest BCUT2D eigenvalue weighted by Crippen LogP contribution is -2.48. The summed E-state index contributed by atoms with van der Waals surface area (Å²) in [6.45, 7) is -1.24. The van der Waals surface area contributed by atoms with Crippen LogP contribution in [0.25, 0.3) is 0 Å². The van der Waals surface area contributed by atoms with Crippen LogP contribution in [0, 0.1) is 28.8 Å². The molecule has 0 aliphatic rings. The van der Waals surface area contributed by atoms with Gasteiger partial charge in [0.25, 0.3) is 0 Å². The van der Waals surface area contributed by atoms with Crippen LogP contribution < -0.4 is 4.74 Å². The topological polar surface area (TPSA) is 110 Å². The number of alkyl halides is 2. The molecule has 1 unspecified atom stereocenters. The van der Waals surface area contributed by atoms with E-state index in [4.69, 9.17) is 10.00 Å². The zero-order valence-electron chi connectivity index (χ0n) is 18.1. The van der Waals surface area contributed by atoms with Crippen LogP contribution in [0.2, 0.25) is 0 Å². The summed E-state index contributed by atoms with van der Waals surface area (Å²) in [5, 5.41) is 30.2. The van der Waals surface area contributed by atoms with Gasteiger partial charge in [0, 0.05) is 17.7 Å². The largest absolute Gasteiger partial charge is 0.473 e. The molecular formula is C23H15F5N6O2. The van der Waals surface area contributed by atoms with Crippen LogP contribution in [0.4, 0.5) is 22.0 Å². The van der Waals surface area contributed by atoms with Gasteiger partial charge in [-0.2, -0.15) is 14.0 Å². The first-order chi connectivity index (χ1) is 17.1. The van der Waals surface area contributed by atoms with Crippen molar-refractivity contribution in [3.63, 3.8) is 0 Å². The molecule has 13 heteroatoms. The SMILES string of the molecule is N#Cc1cc(COc2cccc(C(F)(F)C(O)(Cn3cnnn3)c3ccc(F)cc3F)n2)ccc1F. The molecule has 0 aliphatic carbocycles. The fraction of sp³-hybridized carbons (Fsp3) is 0.174. The summed E-state index contributed by atoms with van der Waals surface area (Å²) in [6, 6.07) is 10.4. The summed E-state index contributed by atoms with van der Waals surface area (Å²) >= 11 is 0. The zero-order valence-corrected chi connectivity index (χ0v) is 18.1. The van der Waals surface area contributed by atoms with E-state index in [-0.39, 0.29) is 18.1 Å². The molecule has 0 amide bonds. The maximum atomic E-state index is 15.9. The van der Waals surface area contributed by atoms with E-state index in [1.807, 2.05) is 0 Å². The number of aromatic nitrogens is 5. The number of ether oxygens (including phenoxy) is 1. The standard InChI is InChI=1S/C23H15F5N6O2/c24-16-5-6-17(19(26)9-16)22(35,12-34-13-30-32-33-34)23(27,28)20-2-1-3-21(31-20)36-11-14-4-7-18(25)15(8-14)10-29/h1-9,13,35H,11-12H2. The number of hydrogen-bond donors (Lipinski definition) is 1. The molecule has 0 saturated carbocycles. The van der Waals surface area contributed by atoms with Crippen molar-refractivity contribution in [3.05, 3.63) is 101 Å². The summed E-state index contributed by atoms with van der Waals surface area (Å²) in [4.78, 5) is 3.76. The molecule has 2 aromatic carbocycles. The normalized spacial score (nSPS) is 13.1. The minimum absolute atomic E-state index is 0.224. The number of tetrazole rings is 1. The van der Waals surface area contributed by atoms with Crippen molar-refractivity contribution in [1.82, 2.24) is 25.2 Å². The first-order valence-electron chi connectivity index (χ1n) is 10.2. The second kappa shape index (κ2) is 9.67. The lowest BCUT2D eigenvalue weighted by molar-refractivity contribution is -0.208. The van der Waals surface area contributed by atoms with Crippen molar-refractivity contribution < 1.29 is 31.8 Å². The van der Waals surface area contributed by atoms with Crippen LogP contribution in [-0.2, 0) is 24.7 Å². The van der Waals surface area contributed by atoms with E-state index >= 15 is 8.78 Å². The molecule has 1 N–H and O–H groups in total. The van der Waals surface area contributed by atoms with E-state index in [1.165, 1.54) is 24.3 Å². The fourth-order valence-electron chi connectivity index (χ4n) is 3.45. The van der Waals surface area contributed by atoms with Gasteiger partial charge in [0.05, 0.1) is 12.1 Å². The highest BCUT2D eigenvalue weighted by Crippen LogP contribution is 2.47. The summed E-state index contributed by atoms with van der Waals surface area (Å²) in [5.74, 6) is -7.73. The second-order valence-electron chi connectivity index (χ2n) is 7.64. The number of benzene rings is 2. The lowest BCUT2D eigenvalue weighted by atomic mass is 9.84. The molecule has 2 heterocycles. The second-order valence-corrected chi connectivity index (χ2v) is 7.64. The van der Waals surface area contributed by atoms with E-state index in [2.05, 4.69) is 20.5 Å². The predicted molar refractivity (Wildman–Crippen MR) is 112 cm³/mol. The Hall–Kier alpha value is -4.44. The van der Waals surface area contributed by atoms with Crippen LogP contribution in [0.5, 0.6) is 5.88 Å². The number of rotatable bonds is 8. The van der Waals surface area contributed by atoms with Crippen molar-refractivity contribution in [2.45, 2.75) is 24.7 Å². The molecule has 0 saturated heterocycles. The number of nitrogens with zero attached hydrogens (tertiary/aromatic N) is 6. The Balaban J connectivity index is 1.68. The van der Waals surface area contributed by atoms with Crippen LogP contribution in [0.15, 0.2) is 60.9 Å². The van der Waals surface area contributed by atoms with Crippen LogP contribution in [-0.4, -0.2) is 30.3 Å². The number of nitriles is 1. The molecule has 184 valence electrons. The van der Waals surface area contributed by atoms with E-state index in [0.29, 0.717) is 17.7 Å². The van der Waals surface area contributed by atoms with Crippen molar-refractivity contribution in [1.29, 1.82) is 5.26 Å².